The third kappa shape index (κ3) is 4.07. The largest absolute Gasteiger partial charge is 0.497 e. The Bertz CT molecular complexity index is 1120. The highest BCUT2D eigenvalue weighted by atomic mass is 16.5. The first-order chi connectivity index (χ1) is 15.3. The highest BCUT2D eigenvalue weighted by molar-refractivity contribution is 5.60. The third-order valence-electron chi connectivity index (χ3n) is 5.49. The van der Waals surface area contributed by atoms with Crippen molar-refractivity contribution in [2.75, 3.05) is 43.1 Å². The Hall–Kier alpha value is -3.87. The van der Waals surface area contributed by atoms with E-state index in [0.29, 0.717) is 11.7 Å². The van der Waals surface area contributed by atoms with Gasteiger partial charge in [-0.15, -0.1) is 0 Å². The Morgan fingerprint density at radius 2 is 1.55 bits per heavy atom. The van der Waals surface area contributed by atoms with Gasteiger partial charge in [-0.1, -0.05) is 35.5 Å². The van der Waals surface area contributed by atoms with Crippen molar-refractivity contribution in [3.63, 3.8) is 0 Å². The number of methoxy groups -OCH3 is 1. The molecule has 4 aromatic rings. The number of hydrogen-bond donors (Lipinski definition) is 0. The Labute approximate surface area is 180 Å². The van der Waals surface area contributed by atoms with Gasteiger partial charge in [0.05, 0.1) is 12.7 Å². The van der Waals surface area contributed by atoms with Crippen molar-refractivity contribution in [2.24, 2.45) is 0 Å². The monoisotopic (exact) mass is 413 g/mol. The van der Waals surface area contributed by atoms with Gasteiger partial charge in [-0.3, -0.25) is 0 Å². The van der Waals surface area contributed by atoms with Gasteiger partial charge in [0.15, 0.2) is 0 Å². The normalized spacial score (nSPS) is 14.0. The van der Waals surface area contributed by atoms with Crippen LogP contribution in [0, 0.1) is 0 Å². The number of pyridine rings is 1. The number of ether oxygens (including phenoxy) is 1. The molecule has 1 aliphatic rings. The van der Waals surface area contributed by atoms with Crippen LogP contribution in [0.25, 0.3) is 22.8 Å². The predicted molar refractivity (Wildman–Crippen MR) is 120 cm³/mol. The summed E-state index contributed by atoms with van der Waals surface area (Å²) in [5, 5.41) is 4.09. The summed E-state index contributed by atoms with van der Waals surface area (Å²) in [6.07, 6.45) is 1.80. The lowest BCUT2D eigenvalue weighted by molar-refractivity contribution is 0.415. The molecule has 1 aliphatic heterocycles. The summed E-state index contributed by atoms with van der Waals surface area (Å²) in [5.74, 6) is 2.89. The van der Waals surface area contributed by atoms with E-state index in [1.807, 2.05) is 54.6 Å². The van der Waals surface area contributed by atoms with Crippen molar-refractivity contribution in [2.45, 2.75) is 0 Å². The molecule has 2 aromatic carbocycles. The summed E-state index contributed by atoms with van der Waals surface area (Å²) in [7, 11) is 1.69. The van der Waals surface area contributed by atoms with E-state index in [1.54, 1.807) is 13.3 Å². The molecule has 1 fully saturated rings. The molecule has 156 valence electrons. The second-order valence-corrected chi connectivity index (χ2v) is 7.37. The molecule has 5 rings (SSSR count). The van der Waals surface area contributed by atoms with Crippen LogP contribution in [-0.2, 0) is 0 Å². The molecule has 7 heteroatoms. The minimum atomic E-state index is 0.474. The van der Waals surface area contributed by atoms with E-state index in [9.17, 15) is 0 Å². The average Bonchev–Trinajstić information content (AvgIpc) is 3.35. The fraction of sp³-hybridized carbons (Fsp3) is 0.208. The lowest BCUT2D eigenvalue weighted by Crippen LogP contribution is -2.46. The van der Waals surface area contributed by atoms with Crippen molar-refractivity contribution in [3.05, 3.63) is 72.9 Å². The van der Waals surface area contributed by atoms with E-state index in [2.05, 4.69) is 37.1 Å². The second-order valence-electron chi connectivity index (χ2n) is 7.37. The maximum absolute atomic E-state index is 5.44. The molecule has 0 aliphatic carbocycles. The maximum Gasteiger partial charge on any atom is 0.259 e. The van der Waals surface area contributed by atoms with Crippen LogP contribution in [0.3, 0.4) is 0 Å². The molecular formula is C24H23N5O2. The van der Waals surface area contributed by atoms with Crippen molar-refractivity contribution >= 4 is 11.5 Å². The summed E-state index contributed by atoms with van der Waals surface area (Å²) in [5.41, 5.74) is 2.96. The van der Waals surface area contributed by atoms with Gasteiger partial charge in [-0.05, 0) is 36.4 Å². The lowest BCUT2D eigenvalue weighted by Gasteiger charge is -2.36. The van der Waals surface area contributed by atoms with Gasteiger partial charge in [0.1, 0.15) is 11.6 Å². The van der Waals surface area contributed by atoms with Gasteiger partial charge >= 0.3 is 0 Å². The Morgan fingerprint density at radius 3 is 2.23 bits per heavy atom. The molecule has 0 amide bonds. The maximum atomic E-state index is 5.44. The lowest BCUT2D eigenvalue weighted by atomic mass is 10.2. The van der Waals surface area contributed by atoms with Crippen molar-refractivity contribution < 1.29 is 9.26 Å². The van der Waals surface area contributed by atoms with Crippen LogP contribution in [0.2, 0.25) is 0 Å². The van der Waals surface area contributed by atoms with E-state index in [0.717, 1.165) is 48.9 Å². The quantitative estimate of drug-likeness (QED) is 0.487. The van der Waals surface area contributed by atoms with Gasteiger partial charge in [0, 0.05) is 43.6 Å². The first-order valence-electron chi connectivity index (χ1n) is 10.3. The minimum absolute atomic E-state index is 0.474. The van der Waals surface area contributed by atoms with Crippen molar-refractivity contribution in [3.8, 4) is 28.6 Å². The number of piperazine rings is 1. The minimum Gasteiger partial charge on any atom is -0.497 e. The molecule has 0 unspecified atom stereocenters. The fourth-order valence-electron chi connectivity index (χ4n) is 3.73. The Kier molecular flexibility index (Phi) is 5.22. The molecule has 0 atom stereocenters. The van der Waals surface area contributed by atoms with E-state index in [4.69, 9.17) is 9.26 Å². The summed E-state index contributed by atoms with van der Waals surface area (Å²) >= 11 is 0. The first kappa shape index (κ1) is 19.1. The first-order valence-corrected chi connectivity index (χ1v) is 10.3. The summed E-state index contributed by atoms with van der Waals surface area (Å²) in [6, 6.07) is 22.0. The zero-order valence-corrected chi connectivity index (χ0v) is 17.3. The molecule has 0 radical (unpaired) electrons. The van der Waals surface area contributed by atoms with Crippen LogP contribution in [0.5, 0.6) is 5.75 Å². The molecule has 31 heavy (non-hydrogen) atoms. The highest BCUT2D eigenvalue weighted by Gasteiger charge is 2.19. The number of nitrogens with zero attached hydrogens (tertiary/aromatic N) is 5. The summed E-state index contributed by atoms with van der Waals surface area (Å²) in [6.45, 7) is 3.72. The molecule has 0 spiro atoms. The van der Waals surface area contributed by atoms with Gasteiger partial charge in [-0.25, -0.2) is 4.98 Å². The molecule has 1 saturated heterocycles. The van der Waals surface area contributed by atoms with Crippen LogP contribution >= 0.6 is 0 Å². The molecule has 3 heterocycles. The van der Waals surface area contributed by atoms with Gasteiger partial charge in [0.2, 0.25) is 5.82 Å². The summed E-state index contributed by atoms with van der Waals surface area (Å²) in [4.78, 5) is 13.8. The summed E-state index contributed by atoms with van der Waals surface area (Å²) < 4.78 is 10.7. The number of hydrogen-bond acceptors (Lipinski definition) is 7. The topological polar surface area (TPSA) is 67.5 Å². The second kappa shape index (κ2) is 8.47. The van der Waals surface area contributed by atoms with E-state index < -0.39 is 0 Å². The van der Waals surface area contributed by atoms with Crippen molar-refractivity contribution in [1.29, 1.82) is 0 Å². The highest BCUT2D eigenvalue weighted by Crippen LogP contribution is 2.25. The van der Waals surface area contributed by atoms with Crippen LogP contribution in [-0.4, -0.2) is 48.4 Å². The SMILES string of the molecule is COc1ccc(N2CCN(c3ccc(-c4nc(-c5ccccc5)no4)cn3)CC2)cc1. The predicted octanol–water partition coefficient (Wildman–Crippen LogP) is 4.13. The number of rotatable bonds is 5. The van der Waals surface area contributed by atoms with Gasteiger partial charge in [0.25, 0.3) is 5.89 Å². The van der Waals surface area contributed by atoms with E-state index >= 15 is 0 Å². The molecule has 7 nitrogen and oxygen atoms in total. The van der Waals surface area contributed by atoms with Crippen LogP contribution in [0.15, 0.2) is 77.4 Å². The fourth-order valence-corrected chi connectivity index (χ4v) is 3.73. The average molecular weight is 413 g/mol. The molecule has 0 bridgehead atoms. The molecule has 0 saturated carbocycles. The number of benzene rings is 2. The third-order valence-corrected chi connectivity index (χ3v) is 5.49. The molecule has 2 aromatic heterocycles. The standard InChI is InChI=1S/C24H23N5O2/c1-30-21-10-8-20(9-11-21)28-13-15-29(16-14-28)22-12-7-19(17-25-22)24-26-23(27-31-24)18-5-3-2-4-6-18/h2-12,17H,13-16H2,1H3. The zero-order valence-electron chi connectivity index (χ0n) is 17.3. The number of aromatic nitrogens is 3. The van der Waals surface area contributed by atoms with Gasteiger partial charge < -0.3 is 19.1 Å². The molecular weight excluding hydrogens is 390 g/mol. The van der Waals surface area contributed by atoms with Crippen LogP contribution < -0.4 is 14.5 Å². The molecule has 0 N–H and O–H groups in total. The van der Waals surface area contributed by atoms with Crippen LogP contribution in [0.4, 0.5) is 11.5 Å². The van der Waals surface area contributed by atoms with E-state index in [1.165, 1.54) is 5.69 Å². The van der Waals surface area contributed by atoms with E-state index in [-0.39, 0.29) is 0 Å². The Balaban J connectivity index is 1.23. The zero-order chi connectivity index (χ0) is 21.0. The smallest absolute Gasteiger partial charge is 0.259 e. The van der Waals surface area contributed by atoms with Crippen molar-refractivity contribution in [1.82, 2.24) is 15.1 Å². The van der Waals surface area contributed by atoms with Gasteiger partial charge in [-0.2, -0.15) is 4.98 Å². The van der Waals surface area contributed by atoms with Crippen LogP contribution in [0.1, 0.15) is 0 Å². The Morgan fingerprint density at radius 1 is 0.806 bits per heavy atom. The number of anilines is 2.